The van der Waals surface area contributed by atoms with Crippen LogP contribution < -0.4 is 11.1 Å². The number of nitrogens with two attached hydrogens (primary N) is 1. The van der Waals surface area contributed by atoms with Crippen molar-refractivity contribution in [2.24, 2.45) is 5.73 Å². The Balaban J connectivity index is 1.67. The largest absolute Gasteiger partial charge is 0.329 e. The van der Waals surface area contributed by atoms with Gasteiger partial charge >= 0.3 is 0 Å². The van der Waals surface area contributed by atoms with Crippen LogP contribution in [0.2, 0.25) is 0 Å². The van der Waals surface area contributed by atoms with Crippen LogP contribution in [0.5, 0.6) is 0 Å². The van der Waals surface area contributed by atoms with Crippen LogP contribution in [0.1, 0.15) is 11.1 Å². The summed E-state index contributed by atoms with van der Waals surface area (Å²) < 4.78 is 27.5. The highest BCUT2D eigenvalue weighted by Crippen LogP contribution is 2.26. The van der Waals surface area contributed by atoms with Gasteiger partial charge in [0.25, 0.3) is 0 Å². The van der Waals surface area contributed by atoms with Gasteiger partial charge in [0, 0.05) is 23.8 Å². The Hall–Kier alpha value is -1.82. The molecule has 0 saturated heterocycles. The quantitative estimate of drug-likeness (QED) is 0.720. The summed E-state index contributed by atoms with van der Waals surface area (Å²) in [4.78, 5) is 0. The van der Waals surface area contributed by atoms with E-state index in [1.54, 1.807) is 17.4 Å². The van der Waals surface area contributed by atoms with E-state index < -0.39 is 11.6 Å². The molecular formula is C18H18F2N2S. The van der Waals surface area contributed by atoms with Crippen molar-refractivity contribution in [1.29, 1.82) is 0 Å². The fourth-order valence-electron chi connectivity index (χ4n) is 2.61. The molecule has 120 valence electrons. The van der Waals surface area contributed by atoms with Gasteiger partial charge in [-0.1, -0.05) is 24.3 Å². The molecule has 1 unspecified atom stereocenters. The van der Waals surface area contributed by atoms with Gasteiger partial charge in [0.1, 0.15) is 0 Å². The molecule has 0 spiro atoms. The Labute approximate surface area is 137 Å². The predicted octanol–water partition coefficient (Wildman–Crippen LogP) is 3.84. The molecule has 2 nitrogen and oxygen atoms in total. The Morgan fingerprint density at radius 3 is 2.70 bits per heavy atom. The summed E-state index contributed by atoms with van der Waals surface area (Å²) in [5.41, 5.74) is 7.83. The van der Waals surface area contributed by atoms with Crippen molar-refractivity contribution in [3.05, 3.63) is 70.6 Å². The first-order valence-electron chi connectivity index (χ1n) is 7.50. The van der Waals surface area contributed by atoms with E-state index in [1.165, 1.54) is 21.7 Å². The lowest BCUT2D eigenvalue weighted by atomic mass is 10.0. The second kappa shape index (κ2) is 7.17. The van der Waals surface area contributed by atoms with Gasteiger partial charge in [-0.15, -0.1) is 11.3 Å². The highest BCUT2D eigenvalue weighted by Gasteiger charge is 2.11. The first-order chi connectivity index (χ1) is 11.2. The molecule has 0 aliphatic rings. The van der Waals surface area contributed by atoms with Crippen LogP contribution in [0.15, 0.2) is 47.8 Å². The molecule has 1 atom stereocenters. The molecule has 0 amide bonds. The zero-order valence-electron chi connectivity index (χ0n) is 12.6. The summed E-state index contributed by atoms with van der Waals surface area (Å²) in [6.45, 7) is 0.939. The number of halogens is 2. The minimum absolute atomic E-state index is 0.0844. The van der Waals surface area contributed by atoms with Gasteiger partial charge in [-0.05, 0) is 46.5 Å². The SMILES string of the molecule is NCC(Cc1csc2ccccc12)NCc1ccc(F)c(F)c1. The number of thiophene rings is 1. The number of fused-ring (bicyclic) bond motifs is 1. The van der Waals surface area contributed by atoms with Crippen molar-refractivity contribution in [3.8, 4) is 0 Å². The summed E-state index contributed by atoms with van der Waals surface area (Å²) >= 11 is 1.72. The van der Waals surface area contributed by atoms with Crippen molar-refractivity contribution >= 4 is 21.4 Å². The molecule has 0 fully saturated rings. The third-order valence-corrected chi connectivity index (χ3v) is 4.90. The van der Waals surface area contributed by atoms with E-state index >= 15 is 0 Å². The van der Waals surface area contributed by atoms with Crippen LogP contribution in [0.25, 0.3) is 10.1 Å². The summed E-state index contributed by atoms with van der Waals surface area (Å²) in [5, 5.41) is 6.74. The standard InChI is InChI=1S/C18H18F2N2S/c19-16-6-5-12(7-17(16)20)10-22-14(9-21)8-13-11-23-18-4-2-1-3-15(13)18/h1-7,11,14,22H,8-10,21H2. The first-order valence-corrected chi connectivity index (χ1v) is 8.38. The molecule has 0 radical (unpaired) electrons. The van der Waals surface area contributed by atoms with Crippen molar-refractivity contribution in [3.63, 3.8) is 0 Å². The Morgan fingerprint density at radius 1 is 1.09 bits per heavy atom. The third kappa shape index (κ3) is 3.75. The van der Waals surface area contributed by atoms with Crippen molar-refractivity contribution < 1.29 is 8.78 Å². The molecule has 0 aliphatic heterocycles. The molecule has 0 saturated carbocycles. The molecule has 2 aromatic carbocycles. The summed E-state index contributed by atoms with van der Waals surface area (Å²) in [6, 6.07) is 12.3. The number of rotatable bonds is 6. The van der Waals surface area contributed by atoms with Crippen LogP contribution in [-0.2, 0) is 13.0 Å². The fourth-order valence-corrected chi connectivity index (χ4v) is 3.58. The molecule has 3 N–H and O–H groups in total. The van der Waals surface area contributed by atoms with E-state index in [0.29, 0.717) is 18.7 Å². The van der Waals surface area contributed by atoms with Gasteiger partial charge in [0.15, 0.2) is 11.6 Å². The molecule has 1 heterocycles. The number of benzene rings is 2. The number of hydrogen-bond acceptors (Lipinski definition) is 3. The van der Waals surface area contributed by atoms with Gasteiger partial charge in [-0.25, -0.2) is 8.78 Å². The highest BCUT2D eigenvalue weighted by molar-refractivity contribution is 7.17. The lowest BCUT2D eigenvalue weighted by molar-refractivity contribution is 0.497. The van der Waals surface area contributed by atoms with Crippen molar-refractivity contribution in [1.82, 2.24) is 5.32 Å². The summed E-state index contributed by atoms with van der Waals surface area (Å²) in [7, 11) is 0. The molecule has 23 heavy (non-hydrogen) atoms. The van der Waals surface area contributed by atoms with Crippen molar-refractivity contribution in [2.45, 2.75) is 19.0 Å². The lowest BCUT2D eigenvalue weighted by Gasteiger charge is -2.17. The maximum absolute atomic E-state index is 13.2. The van der Waals surface area contributed by atoms with Crippen molar-refractivity contribution in [2.75, 3.05) is 6.54 Å². The minimum Gasteiger partial charge on any atom is -0.329 e. The minimum atomic E-state index is -0.825. The average molecular weight is 332 g/mol. The molecule has 3 rings (SSSR count). The Kier molecular flexibility index (Phi) is 5.00. The highest BCUT2D eigenvalue weighted by atomic mass is 32.1. The second-order valence-electron chi connectivity index (χ2n) is 5.52. The van der Waals surface area contributed by atoms with Gasteiger partial charge in [-0.2, -0.15) is 0 Å². The molecular weight excluding hydrogens is 314 g/mol. The van der Waals surface area contributed by atoms with E-state index in [-0.39, 0.29) is 6.04 Å². The van der Waals surface area contributed by atoms with Gasteiger partial charge in [0.05, 0.1) is 0 Å². The zero-order valence-corrected chi connectivity index (χ0v) is 13.4. The van der Waals surface area contributed by atoms with E-state index in [0.717, 1.165) is 12.5 Å². The third-order valence-electron chi connectivity index (χ3n) is 3.89. The average Bonchev–Trinajstić information content (AvgIpc) is 2.97. The lowest BCUT2D eigenvalue weighted by Crippen LogP contribution is -2.37. The van der Waals surface area contributed by atoms with Crippen LogP contribution in [0, 0.1) is 11.6 Å². The van der Waals surface area contributed by atoms with Crippen LogP contribution in [0.3, 0.4) is 0 Å². The monoisotopic (exact) mass is 332 g/mol. The zero-order chi connectivity index (χ0) is 16.2. The smallest absolute Gasteiger partial charge is 0.159 e. The van der Waals surface area contributed by atoms with Crippen LogP contribution >= 0.6 is 11.3 Å². The molecule has 5 heteroatoms. The predicted molar refractivity (Wildman–Crippen MR) is 91.6 cm³/mol. The van der Waals surface area contributed by atoms with Crippen LogP contribution in [0.4, 0.5) is 8.78 Å². The summed E-state index contributed by atoms with van der Waals surface area (Å²) in [5.74, 6) is -1.65. The molecule has 0 aliphatic carbocycles. The number of hydrogen-bond donors (Lipinski definition) is 2. The Morgan fingerprint density at radius 2 is 1.91 bits per heavy atom. The maximum Gasteiger partial charge on any atom is 0.159 e. The van der Waals surface area contributed by atoms with Gasteiger partial charge in [0.2, 0.25) is 0 Å². The Bertz CT molecular complexity index is 801. The van der Waals surface area contributed by atoms with Gasteiger partial charge < -0.3 is 11.1 Å². The second-order valence-corrected chi connectivity index (χ2v) is 6.43. The molecule has 1 aromatic heterocycles. The topological polar surface area (TPSA) is 38.0 Å². The van der Waals surface area contributed by atoms with Gasteiger partial charge in [-0.3, -0.25) is 0 Å². The van der Waals surface area contributed by atoms with E-state index in [1.807, 2.05) is 12.1 Å². The molecule has 0 bridgehead atoms. The van der Waals surface area contributed by atoms with E-state index in [9.17, 15) is 8.78 Å². The number of nitrogens with one attached hydrogen (secondary N) is 1. The normalized spacial score (nSPS) is 12.7. The first kappa shape index (κ1) is 16.1. The fraction of sp³-hybridized carbons (Fsp3) is 0.222. The van der Waals surface area contributed by atoms with E-state index in [4.69, 9.17) is 5.73 Å². The van der Waals surface area contributed by atoms with Crippen LogP contribution in [-0.4, -0.2) is 12.6 Å². The van der Waals surface area contributed by atoms with E-state index in [2.05, 4.69) is 22.8 Å². The maximum atomic E-state index is 13.2. The molecule has 3 aromatic rings. The summed E-state index contributed by atoms with van der Waals surface area (Å²) in [6.07, 6.45) is 0.810.